The molecule has 1 unspecified atom stereocenters. The molecule has 3 aliphatic rings. The average Bonchev–Trinajstić information content (AvgIpc) is 3.28. The summed E-state index contributed by atoms with van der Waals surface area (Å²) < 4.78 is 0. The Morgan fingerprint density at radius 3 is 2.17 bits per heavy atom. The van der Waals surface area contributed by atoms with Crippen LogP contribution in [-0.4, -0.2) is 82.8 Å². The maximum atomic E-state index is 12.7. The fourth-order valence-corrected chi connectivity index (χ4v) is 4.97. The lowest BCUT2D eigenvalue weighted by Gasteiger charge is -2.35. The van der Waals surface area contributed by atoms with Crippen LogP contribution < -0.4 is 5.32 Å². The number of thioether (sulfide) groups is 1. The van der Waals surface area contributed by atoms with Gasteiger partial charge in [-0.1, -0.05) is 12.1 Å². The smallest absolute Gasteiger partial charge is 0.312 e. The Kier molecular flexibility index (Phi) is 5.75. The molecule has 1 aromatic rings. The summed E-state index contributed by atoms with van der Waals surface area (Å²) in [5.74, 6) is -1.17. The molecular weight excluding hydrogens is 392 g/mol. The van der Waals surface area contributed by atoms with Gasteiger partial charge in [0.05, 0.1) is 10.9 Å². The Labute approximate surface area is 173 Å². The molecule has 29 heavy (non-hydrogen) atoms. The van der Waals surface area contributed by atoms with Gasteiger partial charge in [-0.25, -0.2) is 0 Å². The van der Waals surface area contributed by atoms with Crippen LogP contribution in [0.1, 0.15) is 19.3 Å². The molecule has 3 heterocycles. The van der Waals surface area contributed by atoms with Crippen molar-refractivity contribution in [1.29, 1.82) is 0 Å². The summed E-state index contributed by atoms with van der Waals surface area (Å²) in [7, 11) is 0. The maximum Gasteiger partial charge on any atom is 0.312 e. The minimum Gasteiger partial charge on any atom is -0.339 e. The third kappa shape index (κ3) is 4.24. The van der Waals surface area contributed by atoms with Gasteiger partial charge in [0.2, 0.25) is 11.8 Å². The molecule has 0 spiro atoms. The summed E-state index contributed by atoms with van der Waals surface area (Å²) in [6, 6.07) is 7.54. The maximum absolute atomic E-state index is 12.7. The van der Waals surface area contributed by atoms with Gasteiger partial charge in [-0.2, -0.15) is 0 Å². The number of carbonyl (C=O) groups is 4. The molecule has 3 aliphatic heterocycles. The van der Waals surface area contributed by atoms with E-state index in [0.717, 1.165) is 23.4 Å². The van der Waals surface area contributed by atoms with E-state index in [-0.39, 0.29) is 18.2 Å². The van der Waals surface area contributed by atoms with E-state index in [1.807, 2.05) is 24.3 Å². The van der Waals surface area contributed by atoms with Crippen molar-refractivity contribution in [2.75, 3.05) is 44.6 Å². The van der Waals surface area contributed by atoms with Gasteiger partial charge in [-0.15, -0.1) is 11.8 Å². The van der Waals surface area contributed by atoms with Crippen LogP contribution in [0, 0.1) is 0 Å². The number of hydrogen-bond donors (Lipinski definition) is 1. The molecule has 4 amide bonds. The van der Waals surface area contributed by atoms with Crippen molar-refractivity contribution in [2.45, 2.75) is 29.4 Å². The van der Waals surface area contributed by atoms with Gasteiger partial charge in [-0.3, -0.25) is 19.2 Å². The first kappa shape index (κ1) is 19.8. The molecule has 4 rings (SSSR count). The van der Waals surface area contributed by atoms with E-state index in [1.54, 1.807) is 9.80 Å². The van der Waals surface area contributed by atoms with Crippen LogP contribution in [0.2, 0.25) is 0 Å². The first-order valence-corrected chi connectivity index (χ1v) is 10.8. The monoisotopic (exact) mass is 416 g/mol. The molecule has 1 N–H and O–H groups in total. The van der Waals surface area contributed by atoms with Gasteiger partial charge in [0, 0.05) is 50.6 Å². The van der Waals surface area contributed by atoms with Crippen LogP contribution in [0.4, 0.5) is 5.69 Å². The largest absolute Gasteiger partial charge is 0.339 e. The molecule has 1 atom stereocenters. The van der Waals surface area contributed by atoms with Crippen molar-refractivity contribution in [3.05, 3.63) is 24.3 Å². The molecule has 0 radical (unpaired) electrons. The standard InChI is InChI=1S/C20H24N4O4S/c25-17(13-16-18(26)21-14-5-1-2-6-15(14)29-16)22-9-11-24(12-10-22)20(28)19(27)23-7-3-4-8-23/h1-2,5-6,16H,3-4,7-13H2,(H,21,26). The summed E-state index contributed by atoms with van der Waals surface area (Å²) in [5, 5.41) is 2.39. The fourth-order valence-electron chi connectivity index (χ4n) is 3.86. The predicted octanol–water partition coefficient (Wildman–Crippen LogP) is 0.783. The Balaban J connectivity index is 1.29. The Hall–Kier alpha value is -2.55. The number of anilines is 1. The zero-order valence-electron chi connectivity index (χ0n) is 16.1. The summed E-state index contributed by atoms with van der Waals surface area (Å²) in [5.41, 5.74) is 0.779. The number of nitrogens with zero attached hydrogens (tertiary/aromatic N) is 3. The van der Waals surface area contributed by atoms with Crippen molar-refractivity contribution in [2.24, 2.45) is 0 Å². The minimum absolute atomic E-state index is 0.102. The van der Waals surface area contributed by atoms with Crippen molar-refractivity contribution < 1.29 is 19.2 Å². The lowest BCUT2D eigenvalue weighted by atomic mass is 10.2. The van der Waals surface area contributed by atoms with Gasteiger partial charge >= 0.3 is 11.8 Å². The van der Waals surface area contributed by atoms with E-state index in [1.165, 1.54) is 16.7 Å². The molecule has 0 aromatic heterocycles. The second-order valence-electron chi connectivity index (χ2n) is 7.47. The molecular formula is C20H24N4O4S. The molecule has 2 saturated heterocycles. The van der Waals surface area contributed by atoms with Crippen LogP contribution in [0.15, 0.2) is 29.2 Å². The second-order valence-corrected chi connectivity index (χ2v) is 8.71. The van der Waals surface area contributed by atoms with Gasteiger partial charge in [0.25, 0.3) is 0 Å². The van der Waals surface area contributed by atoms with Crippen LogP contribution in [0.25, 0.3) is 0 Å². The van der Waals surface area contributed by atoms with Crippen molar-refractivity contribution in [3.8, 4) is 0 Å². The second kappa shape index (κ2) is 8.44. The number of amides is 4. The number of hydrogen-bond acceptors (Lipinski definition) is 5. The third-order valence-electron chi connectivity index (χ3n) is 5.56. The molecule has 0 saturated carbocycles. The van der Waals surface area contributed by atoms with Crippen molar-refractivity contribution >= 4 is 41.1 Å². The first-order valence-electron chi connectivity index (χ1n) is 9.95. The number of nitrogens with one attached hydrogen (secondary N) is 1. The molecule has 154 valence electrons. The highest BCUT2D eigenvalue weighted by atomic mass is 32.2. The van der Waals surface area contributed by atoms with E-state index in [2.05, 4.69) is 5.32 Å². The minimum atomic E-state index is -0.474. The molecule has 8 nitrogen and oxygen atoms in total. The lowest BCUT2D eigenvalue weighted by Crippen LogP contribution is -2.54. The third-order valence-corrected chi connectivity index (χ3v) is 6.84. The number of likely N-dealkylation sites (tertiary alicyclic amines) is 1. The highest BCUT2D eigenvalue weighted by Crippen LogP contribution is 2.36. The number of para-hydroxylation sites is 1. The zero-order chi connectivity index (χ0) is 20.4. The lowest BCUT2D eigenvalue weighted by molar-refractivity contribution is -0.153. The van der Waals surface area contributed by atoms with E-state index in [4.69, 9.17) is 0 Å². The number of carbonyl (C=O) groups excluding carboxylic acids is 4. The average molecular weight is 417 g/mol. The molecule has 9 heteroatoms. The highest BCUT2D eigenvalue weighted by molar-refractivity contribution is 8.01. The number of benzene rings is 1. The summed E-state index contributed by atoms with van der Waals surface area (Å²) in [6.45, 7) is 2.75. The summed E-state index contributed by atoms with van der Waals surface area (Å²) in [4.78, 5) is 55.5. The number of rotatable bonds is 2. The van der Waals surface area contributed by atoms with Gasteiger partial charge in [0.15, 0.2) is 0 Å². The normalized spacial score (nSPS) is 21.6. The summed E-state index contributed by atoms with van der Waals surface area (Å²) >= 11 is 1.41. The highest BCUT2D eigenvalue weighted by Gasteiger charge is 2.34. The Morgan fingerprint density at radius 1 is 0.897 bits per heavy atom. The van der Waals surface area contributed by atoms with Crippen LogP contribution in [-0.2, 0) is 19.2 Å². The topological polar surface area (TPSA) is 90.0 Å². The number of fused-ring (bicyclic) bond motifs is 1. The fraction of sp³-hybridized carbons (Fsp3) is 0.500. The summed E-state index contributed by atoms with van der Waals surface area (Å²) in [6.07, 6.45) is 2.00. The van der Waals surface area contributed by atoms with Crippen molar-refractivity contribution in [3.63, 3.8) is 0 Å². The van der Waals surface area contributed by atoms with E-state index >= 15 is 0 Å². The first-order chi connectivity index (χ1) is 14.0. The molecule has 0 bridgehead atoms. The molecule has 2 fully saturated rings. The van der Waals surface area contributed by atoms with Gasteiger partial charge < -0.3 is 20.0 Å². The number of piperazine rings is 1. The van der Waals surface area contributed by atoms with Crippen LogP contribution in [0.5, 0.6) is 0 Å². The van der Waals surface area contributed by atoms with Gasteiger partial charge in [-0.05, 0) is 25.0 Å². The quantitative estimate of drug-likeness (QED) is 0.720. The van der Waals surface area contributed by atoms with Crippen molar-refractivity contribution in [1.82, 2.24) is 14.7 Å². The Bertz CT molecular complexity index is 832. The van der Waals surface area contributed by atoms with Gasteiger partial charge in [0.1, 0.15) is 0 Å². The van der Waals surface area contributed by atoms with E-state index in [9.17, 15) is 19.2 Å². The van der Waals surface area contributed by atoms with E-state index < -0.39 is 17.1 Å². The predicted molar refractivity (Wildman–Crippen MR) is 108 cm³/mol. The zero-order valence-corrected chi connectivity index (χ0v) is 17.0. The molecule has 1 aromatic carbocycles. The SMILES string of the molecule is O=C1Nc2ccccc2SC1CC(=O)N1CCN(C(=O)C(=O)N2CCCC2)CC1. The Morgan fingerprint density at radius 2 is 1.48 bits per heavy atom. The molecule has 0 aliphatic carbocycles. The van der Waals surface area contributed by atoms with E-state index in [0.29, 0.717) is 39.3 Å². The van der Waals surface area contributed by atoms with Crippen LogP contribution >= 0.6 is 11.8 Å². The van der Waals surface area contributed by atoms with Crippen LogP contribution in [0.3, 0.4) is 0 Å².